The lowest BCUT2D eigenvalue weighted by molar-refractivity contribution is -0.115. The molecule has 0 spiro atoms. The van der Waals surface area contributed by atoms with Crippen molar-refractivity contribution in [3.63, 3.8) is 0 Å². The molecule has 0 radical (unpaired) electrons. The molecule has 1 aromatic heterocycles. The Morgan fingerprint density at radius 2 is 2.04 bits per heavy atom. The number of anilines is 1. The number of nitrogens with zero attached hydrogens (tertiary/aromatic N) is 1. The van der Waals surface area contributed by atoms with E-state index < -0.39 is 0 Å². The van der Waals surface area contributed by atoms with Crippen LogP contribution in [0.25, 0.3) is 0 Å². The van der Waals surface area contributed by atoms with E-state index in [1.807, 2.05) is 0 Å². The van der Waals surface area contributed by atoms with Gasteiger partial charge in [-0.1, -0.05) is 29.3 Å². The molecule has 0 aliphatic rings. The summed E-state index contributed by atoms with van der Waals surface area (Å²) in [4.78, 5) is 24.2. The lowest BCUT2D eigenvalue weighted by Crippen LogP contribution is -2.20. The van der Waals surface area contributed by atoms with Crippen molar-refractivity contribution in [2.45, 2.75) is 13.3 Å². The molecule has 23 heavy (non-hydrogen) atoms. The Bertz CT molecular complexity index is 745. The first-order chi connectivity index (χ1) is 11.0. The third kappa shape index (κ3) is 5.35. The van der Waals surface area contributed by atoms with Gasteiger partial charge in [0, 0.05) is 10.7 Å². The van der Waals surface area contributed by atoms with E-state index in [9.17, 15) is 9.59 Å². The van der Waals surface area contributed by atoms with Crippen LogP contribution in [-0.4, -0.2) is 17.5 Å². The van der Waals surface area contributed by atoms with E-state index >= 15 is 0 Å². The zero-order chi connectivity index (χ0) is 16.8. The molecule has 0 saturated heterocycles. The zero-order valence-corrected chi connectivity index (χ0v) is 14.4. The maximum atomic E-state index is 11.9. The quantitative estimate of drug-likeness (QED) is 0.612. The monoisotopic (exact) mass is 369 g/mol. The summed E-state index contributed by atoms with van der Waals surface area (Å²) in [5, 5.41) is 9.21. The fourth-order valence-electron chi connectivity index (χ4n) is 1.67. The van der Waals surface area contributed by atoms with Gasteiger partial charge in [-0.3, -0.25) is 9.59 Å². The number of halogens is 2. The summed E-state index contributed by atoms with van der Waals surface area (Å²) in [5.41, 5.74) is 3.35. The van der Waals surface area contributed by atoms with Gasteiger partial charge in [0.15, 0.2) is 0 Å². The number of thiophene rings is 1. The fraction of sp³-hybridized carbons (Fsp3) is 0.133. The third-order valence-corrected chi connectivity index (χ3v) is 4.13. The molecule has 0 unspecified atom stereocenters. The summed E-state index contributed by atoms with van der Waals surface area (Å²) < 4.78 is 0. The van der Waals surface area contributed by atoms with Crippen LogP contribution in [-0.2, 0) is 4.79 Å². The van der Waals surface area contributed by atoms with Crippen molar-refractivity contribution in [2.75, 3.05) is 5.32 Å². The Kier molecular flexibility index (Phi) is 6.15. The molecule has 2 aromatic rings. The van der Waals surface area contributed by atoms with E-state index in [-0.39, 0.29) is 18.2 Å². The van der Waals surface area contributed by atoms with Crippen molar-refractivity contribution in [2.24, 2.45) is 5.10 Å². The Hall–Kier alpha value is -1.89. The molecule has 5 nitrogen and oxygen atoms in total. The molecule has 0 atom stereocenters. The second-order valence-corrected chi connectivity index (χ2v) is 6.41. The predicted octanol–water partition coefficient (Wildman–Crippen LogP) is 4.19. The molecule has 0 aliphatic heterocycles. The van der Waals surface area contributed by atoms with Crippen LogP contribution in [0.5, 0.6) is 0 Å². The van der Waals surface area contributed by atoms with E-state index in [1.165, 1.54) is 11.3 Å². The van der Waals surface area contributed by atoms with Gasteiger partial charge in [0.1, 0.15) is 0 Å². The van der Waals surface area contributed by atoms with Crippen molar-refractivity contribution in [3.05, 3.63) is 50.6 Å². The minimum atomic E-state index is -0.305. The third-order valence-electron chi connectivity index (χ3n) is 2.71. The Labute approximate surface area is 147 Å². The minimum Gasteiger partial charge on any atom is -0.324 e. The minimum absolute atomic E-state index is 0.0314. The summed E-state index contributed by atoms with van der Waals surface area (Å²) >= 11 is 13.1. The average Bonchev–Trinajstić information content (AvgIpc) is 3.02. The van der Waals surface area contributed by atoms with Gasteiger partial charge in [0.2, 0.25) is 5.91 Å². The summed E-state index contributed by atoms with van der Waals surface area (Å²) in [6.45, 7) is 1.65. The molecule has 120 valence electrons. The fourth-order valence-corrected chi connectivity index (χ4v) is 2.74. The largest absolute Gasteiger partial charge is 0.324 e. The Morgan fingerprint density at radius 1 is 1.26 bits per heavy atom. The summed E-state index contributed by atoms with van der Waals surface area (Å²) in [7, 11) is 0. The first kappa shape index (κ1) is 17.5. The lowest BCUT2D eigenvalue weighted by Gasteiger charge is -2.07. The maximum Gasteiger partial charge on any atom is 0.281 e. The highest BCUT2D eigenvalue weighted by Crippen LogP contribution is 2.25. The highest BCUT2D eigenvalue weighted by Gasteiger charge is 2.09. The molecular weight excluding hydrogens is 357 g/mol. The van der Waals surface area contributed by atoms with Crippen LogP contribution >= 0.6 is 34.5 Å². The molecule has 1 aromatic carbocycles. The smallest absolute Gasteiger partial charge is 0.281 e. The number of nitrogens with one attached hydrogen (secondary N) is 2. The van der Waals surface area contributed by atoms with Gasteiger partial charge in [-0.15, -0.1) is 11.3 Å². The topological polar surface area (TPSA) is 70.6 Å². The number of benzene rings is 1. The van der Waals surface area contributed by atoms with E-state index in [0.29, 0.717) is 26.3 Å². The van der Waals surface area contributed by atoms with Gasteiger partial charge in [-0.05, 0) is 36.6 Å². The Morgan fingerprint density at radius 3 is 2.70 bits per heavy atom. The van der Waals surface area contributed by atoms with Gasteiger partial charge in [0.25, 0.3) is 5.91 Å². The van der Waals surface area contributed by atoms with Crippen molar-refractivity contribution >= 4 is 57.8 Å². The van der Waals surface area contributed by atoms with Crippen LogP contribution in [0.1, 0.15) is 23.0 Å². The number of hydrazone groups is 1. The SMILES string of the molecule is C/C(CC(=O)Nc1ccc(Cl)cc1Cl)=N\NC(=O)c1cccs1. The zero-order valence-electron chi connectivity index (χ0n) is 12.1. The first-order valence-corrected chi connectivity index (χ1v) is 8.21. The molecule has 0 saturated carbocycles. The molecule has 2 rings (SSSR count). The van der Waals surface area contributed by atoms with Crippen LogP contribution in [0, 0.1) is 0 Å². The van der Waals surface area contributed by atoms with Crippen LogP contribution in [0.2, 0.25) is 10.0 Å². The Balaban J connectivity index is 1.89. The van der Waals surface area contributed by atoms with Crippen molar-refractivity contribution in [1.29, 1.82) is 0 Å². The maximum absolute atomic E-state index is 11.9. The predicted molar refractivity (Wildman–Crippen MR) is 94.6 cm³/mol. The second-order valence-electron chi connectivity index (χ2n) is 4.61. The standard InChI is InChI=1S/C15H13Cl2N3O2S/c1-9(19-20-15(22)13-3-2-6-23-13)7-14(21)18-12-5-4-10(16)8-11(12)17/h2-6,8H,7H2,1H3,(H,18,21)(H,20,22)/b19-9+. The van der Waals surface area contributed by atoms with Crippen LogP contribution in [0.3, 0.4) is 0 Å². The van der Waals surface area contributed by atoms with Crippen molar-refractivity contribution in [1.82, 2.24) is 5.43 Å². The lowest BCUT2D eigenvalue weighted by atomic mass is 10.2. The van der Waals surface area contributed by atoms with Crippen molar-refractivity contribution in [3.8, 4) is 0 Å². The van der Waals surface area contributed by atoms with Crippen LogP contribution in [0.4, 0.5) is 5.69 Å². The number of carbonyl (C=O) groups is 2. The van der Waals surface area contributed by atoms with E-state index in [2.05, 4.69) is 15.8 Å². The first-order valence-electron chi connectivity index (χ1n) is 6.57. The van der Waals surface area contributed by atoms with Gasteiger partial charge in [0.05, 0.1) is 22.0 Å². The number of amides is 2. The number of rotatable bonds is 5. The van der Waals surface area contributed by atoms with Gasteiger partial charge < -0.3 is 5.32 Å². The summed E-state index contributed by atoms with van der Waals surface area (Å²) in [6.07, 6.45) is 0.0314. The second kappa shape index (κ2) is 8.10. The van der Waals surface area contributed by atoms with Crippen LogP contribution < -0.4 is 10.7 Å². The van der Waals surface area contributed by atoms with E-state index in [0.717, 1.165) is 0 Å². The van der Waals surface area contributed by atoms with Gasteiger partial charge >= 0.3 is 0 Å². The summed E-state index contributed by atoms with van der Waals surface area (Å²) in [6, 6.07) is 8.26. The molecular formula is C15H13Cl2N3O2S. The number of hydrogen-bond donors (Lipinski definition) is 2. The molecule has 0 aliphatic carbocycles. The van der Waals surface area contributed by atoms with E-state index in [4.69, 9.17) is 23.2 Å². The highest BCUT2D eigenvalue weighted by molar-refractivity contribution is 7.12. The molecule has 8 heteroatoms. The number of carbonyl (C=O) groups excluding carboxylic acids is 2. The molecule has 1 heterocycles. The van der Waals surface area contributed by atoms with Gasteiger partial charge in [-0.2, -0.15) is 5.10 Å². The molecule has 2 N–H and O–H groups in total. The van der Waals surface area contributed by atoms with E-state index in [1.54, 1.807) is 42.6 Å². The summed E-state index contributed by atoms with van der Waals surface area (Å²) in [5.74, 6) is -0.596. The molecule has 2 amide bonds. The van der Waals surface area contributed by atoms with Gasteiger partial charge in [-0.25, -0.2) is 5.43 Å². The molecule has 0 bridgehead atoms. The molecule has 0 fully saturated rings. The number of hydrogen-bond acceptors (Lipinski definition) is 4. The van der Waals surface area contributed by atoms with Crippen LogP contribution in [0.15, 0.2) is 40.8 Å². The average molecular weight is 370 g/mol. The highest BCUT2D eigenvalue weighted by atomic mass is 35.5. The van der Waals surface area contributed by atoms with Crippen molar-refractivity contribution < 1.29 is 9.59 Å². The normalized spacial score (nSPS) is 11.2.